The molecule has 1 fully saturated rings. The summed E-state index contributed by atoms with van der Waals surface area (Å²) < 4.78 is 6.97. The Hall–Kier alpha value is -4.09. The summed E-state index contributed by atoms with van der Waals surface area (Å²) in [6.45, 7) is 1.03. The van der Waals surface area contributed by atoms with E-state index in [0.717, 1.165) is 49.2 Å². The maximum Gasteiger partial charge on any atom is 0.257 e. The van der Waals surface area contributed by atoms with Gasteiger partial charge >= 0.3 is 0 Å². The van der Waals surface area contributed by atoms with E-state index in [0.29, 0.717) is 40.9 Å². The van der Waals surface area contributed by atoms with E-state index in [-0.39, 0.29) is 17.9 Å². The number of hydrogen-bond donors (Lipinski definition) is 2. The molecule has 4 heterocycles. The van der Waals surface area contributed by atoms with Crippen molar-refractivity contribution in [2.24, 2.45) is 0 Å². The minimum Gasteiger partial charge on any atom is -0.382 e. The molecule has 0 bridgehead atoms. The minimum atomic E-state index is -0.198. The predicted octanol–water partition coefficient (Wildman–Crippen LogP) is 4.43. The number of fused-ring (bicyclic) bond motifs is 2. The second-order valence-corrected chi connectivity index (χ2v) is 11.1. The summed E-state index contributed by atoms with van der Waals surface area (Å²) in [5.41, 5.74) is 10.1. The van der Waals surface area contributed by atoms with Crippen LogP contribution in [0.2, 0.25) is 0 Å². The van der Waals surface area contributed by atoms with Crippen LogP contribution in [0.15, 0.2) is 48.8 Å². The lowest BCUT2D eigenvalue weighted by Crippen LogP contribution is -2.30. The summed E-state index contributed by atoms with van der Waals surface area (Å²) >= 11 is 1.57. The molecule has 1 atom stereocenters. The van der Waals surface area contributed by atoms with Gasteiger partial charge in [-0.2, -0.15) is 0 Å². The van der Waals surface area contributed by atoms with Crippen molar-refractivity contribution < 1.29 is 14.3 Å². The molecule has 0 radical (unpaired) electrons. The quantitative estimate of drug-likeness (QED) is 0.322. The predicted molar refractivity (Wildman–Crippen MR) is 154 cm³/mol. The summed E-state index contributed by atoms with van der Waals surface area (Å²) in [5, 5.41) is 3.61. The molecule has 1 aliphatic carbocycles. The Morgan fingerprint density at radius 2 is 2.00 bits per heavy atom. The highest BCUT2D eigenvalue weighted by molar-refractivity contribution is 7.15. The number of imidazole rings is 1. The van der Waals surface area contributed by atoms with Gasteiger partial charge in [-0.1, -0.05) is 18.2 Å². The Kier molecular flexibility index (Phi) is 7.31. The Morgan fingerprint density at radius 3 is 2.80 bits per heavy atom. The number of aromatic nitrogens is 4. The van der Waals surface area contributed by atoms with Crippen LogP contribution in [0, 0.1) is 0 Å². The second-order valence-electron chi connectivity index (χ2n) is 10.0. The first-order valence-corrected chi connectivity index (χ1v) is 14.3. The first-order chi connectivity index (χ1) is 19.5. The van der Waals surface area contributed by atoms with Crippen LogP contribution in [0.5, 0.6) is 0 Å². The van der Waals surface area contributed by atoms with Crippen LogP contribution in [-0.2, 0) is 22.4 Å². The van der Waals surface area contributed by atoms with Crippen LogP contribution >= 0.6 is 11.3 Å². The number of aryl methyl sites for hydroxylation is 2. The number of rotatable bonds is 7. The van der Waals surface area contributed by atoms with Crippen molar-refractivity contribution >= 4 is 39.6 Å². The SMILES string of the molecule is COC/C=C/C(=O)N1CCC[C@H]1c1nc(-c2ccc(C(=O)Nc3nc4c(s3)CCCC4)cc2)c2c(N)nccn12. The van der Waals surface area contributed by atoms with Gasteiger partial charge in [0.1, 0.15) is 22.9 Å². The van der Waals surface area contributed by atoms with Gasteiger partial charge in [0.05, 0.1) is 18.3 Å². The Morgan fingerprint density at radius 1 is 1.18 bits per heavy atom. The van der Waals surface area contributed by atoms with Gasteiger partial charge in [-0.05, 0) is 50.7 Å². The standard InChI is InChI=1S/C29H31N7O3S/c1-39-17-5-9-23(37)35-15-4-7-21(35)27-33-24(25-26(30)31-14-16-36(25)27)18-10-12-19(13-11-18)28(38)34-29-32-20-6-2-3-8-22(20)40-29/h5,9-14,16,21H,2-4,6-8,15,17H2,1H3,(H2,30,31)(H,32,34,38)/b9-5+/t21-/m0/s1. The maximum atomic E-state index is 13.0. The van der Waals surface area contributed by atoms with Crippen molar-refractivity contribution in [3.8, 4) is 11.3 Å². The van der Waals surface area contributed by atoms with Gasteiger partial charge in [0.15, 0.2) is 5.13 Å². The molecule has 1 aliphatic heterocycles. The maximum absolute atomic E-state index is 13.0. The van der Waals surface area contributed by atoms with Crippen molar-refractivity contribution in [1.29, 1.82) is 0 Å². The van der Waals surface area contributed by atoms with E-state index in [9.17, 15) is 9.59 Å². The molecular formula is C29H31N7O3S. The van der Waals surface area contributed by atoms with Gasteiger partial charge in [-0.3, -0.25) is 19.3 Å². The number of anilines is 2. The number of likely N-dealkylation sites (tertiary alicyclic amines) is 1. The molecule has 0 unspecified atom stereocenters. The summed E-state index contributed by atoms with van der Waals surface area (Å²) in [4.78, 5) is 42.9. The van der Waals surface area contributed by atoms with Crippen LogP contribution in [0.4, 0.5) is 10.9 Å². The van der Waals surface area contributed by atoms with E-state index < -0.39 is 0 Å². The monoisotopic (exact) mass is 557 g/mol. The van der Waals surface area contributed by atoms with Crippen molar-refractivity contribution in [3.05, 3.63) is 70.8 Å². The molecule has 0 spiro atoms. The van der Waals surface area contributed by atoms with Crippen molar-refractivity contribution in [1.82, 2.24) is 24.3 Å². The first kappa shape index (κ1) is 26.1. The van der Waals surface area contributed by atoms with Crippen molar-refractivity contribution in [2.75, 3.05) is 31.3 Å². The van der Waals surface area contributed by atoms with E-state index in [1.54, 1.807) is 48.9 Å². The average Bonchev–Trinajstić information content (AvgIpc) is 3.70. The number of carbonyl (C=O) groups excluding carboxylic acids is 2. The lowest BCUT2D eigenvalue weighted by atomic mass is 10.0. The zero-order valence-corrected chi connectivity index (χ0v) is 23.1. The molecule has 3 N–H and O–H groups in total. The number of nitrogens with one attached hydrogen (secondary N) is 1. The Balaban J connectivity index is 1.28. The fraction of sp³-hybridized carbons (Fsp3) is 0.345. The number of methoxy groups -OCH3 is 1. The number of benzene rings is 1. The normalized spacial score (nSPS) is 17.0. The van der Waals surface area contributed by atoms with Gasteiger partial charge < -0.3 is 15.4 Å². The van der Waals surface area contributed by atoms with Gasteiger partial charge in [0, 0.05) is 48.1 Å². The molecule has 206 valence electrons. The topological polar surface area (TPSA) is 128 Å². The molecule has 40 heavy (non-hydrogen) atoms. The number of amides is 2. The number of nitrogens with zero attached hydrogens (tertiary/aromatic N) is 5. The number of hydrogen-bond acceptors (Lipinski definition) is 8. The fourth-order valence-corrected chi connectivity index (χ4v) is 6.56. The van der Waals surface area contributed by atoms with Crippen LogP contribution in [0.1, 0.15) is 58.5 Å². The summed E-state index contributed by atoms with van der Waals surface area (Å²) in [5.74, 6) is 0.813. The number of carbonyl (C=O) groups is 2. The molecular weight excluding hydrogens is 526 g/mol. The molecule has 2 amide bonds. The van der Waals surface area contributed by atoms with E-state index >= 15 is 0 Å². The molecule has 11 heteroatoms. The highest BCUT2D eigenvalue weighted by atomic mass is 32.1. The third-order valence-electron chi connectivity index (χ3n) is 7.45. The van der Waals surface area contributed by atoms with Crippen LogP contribution in [0.3, 0.4) is 0 Å². The van der Waals surface area contributed by atoms with E-state index in [2.05, 4.69) is 15.3 Å². The molecule has 10 nitrogen and oxygen atoms in total. The molecule has 2 aliphatic rings. The van der Waals surface area contributed by atoms with Gasteiger partial charge in [0.25, 0.3) is 5.91 Å². The molecule has 3 aromatic heterocycles. The molecule has 4 aromatic rings. The molecule has 6 rings (SSSR count). The van der Waals surface area contributed by atoms with E-state index in [4.69, 9.17) is 15.5 Å². The lowest BCUT2D eigenvalue weighted by Gasteiger charge is -2.22. The number of ether oxygens (including phenoxy) is 1. The number of thiazole rings is 1. The van der Waals surface area contributed by atoms with Gasteiger partial charge in [0.2, 0.25) is 5.91 Å². The van der Waals surface area contributed by atoms with Gasteiger partial charge in [-0.15, -0.1) is 11.3 Å². The van der Waals surface area contributed by atoms with E-state index in [1.165, 1.54) is 11.3 Å². The number of nitrogen functional groups attached to an aromatic ring is 1. The third kappa shape index (κ3) is 4.98. The highest BCUT2D eigenvalue weighted by Crippen LogP contribution is 2.37. The largest absolute Gasteiger partial charge is 0.382 e. The summed E-state index contributed by atoms with van der Waals surface area (Å²) in [6.07, 6.45) is 12.8. The van der Waals surface area contributed by atoms with Crippen LogP contribution < -0.4 is 11.1 Å². The second kappa shape index (κ2) is 11.2. The van der Waals surface area contributed by atoms with Crippen LogP contribution in [0.25, 0.3) is 16.8 Å². The Labute approximate surface area is 235 Å². The zero-order valence-electron chi connectivity index (χ0n) is 22.3. The summed E-state index contributed by atoms with van der Waals surface area (Å²) in [6, 6.07) is 7.09. The fourth-order valence-electron chi connectivity index (χ4n) is 5.52. The average molecular weight is 558 g/mol. The lowest BCUT2D eigenvalue weighted by molar-refractivity contribution is -0.127. The van der Waals surface area contributed by atoms with Gasteiger partial charge in [-0.25, -0.2) is 15.0 Å². The molecule has 1 saturated heterocycles. The van der Waals surface area contributed by atoms with E-state index in [1.807, 2.05) is 27.6 Å². The molecule has 1 aromatic carbocycles. The van der Waals surface area contributed by atoms with Crippen molar-refractivity contribution in [2.45, 2.75) is 44.6 Å². The zero-order chi connectivity index (χ0) is 27.6. The molecule has 0 saturated carbocycles. The first-order valence-electron chi connectivity index (χ1n) is 13.5. The third-order valence-corrected chi connectivity index (χ3v) is 8.53. The summed E-state index contributed by atoms with van der Waals surface area (Å²) in [7, 11) is 1.59. The highest BCUT2D eigenvalue weighted by Gasteiger charge is 2.33. The Bertz CT molecular complexity index is 1570. The number of nitrogens with two attached hydrogens (primary N) is 1. The van der Waals surface area contributed by atoms with Crippen molar-refractivity contribution in [3.63, 3.8) is 0 Å². The minimum absolute atomic E-state index is 0.0728. The van der Waals surface area contributed by atoms with Crippen LogP contribution in [-0.4, -0.2) is 56.3 Å². The smallest absolute Gasteiger partial charge is 0.257 e.